The summed E-state index contributed by atoms with van der Waals surface area (Å²) in [7, 11) is 1.76. The second-order valence-electron chi connectivity index (χ2n) is 3.06. The number of likely N-dealkylation sites (N-methyl/N-ethyl adjacent to an activating group) is 1. The molecule has 0 aliphatic rings. The summed E-state index contributed by atoms with van der Waals surface area (Å²) in [4.78, 5) is 0. The fourth-order valence-electron chi connectivity index (χ4n) is 0.971. The Morgan fingerprint density at radius 1 is 1.20 bits per heavy atom. The number of alkyl halides is 3. The van der Waals surface area contributed by atoms with Gasteiger partial charge >= 0.3 is 6.18 Å². The minimum absolute atomic E-state index is 0.0402. The van der Waals surface area contributed by atoms with Crippen molar-refractivity contribution in [2.24, 2.45) is 0 Å². The van der Waals surface area contributed by atoms with E-state index in [9.17, 15) is 13.2 Å². The molecule has 1 rings (SSSR count). The van der Waals surface area contributed by atoms with Gasteiger partial charge in [0.15, 0.2) is 0 Å². The summed E-state index contributed by atoms with van der Waals surface area (Å²) in [6, 6.07) is 0. The van der Waals surface area contributed by atoms with Crippen molar-refractivity contribution < 1.29 is 17.6 Å². The van der Waals surface area contributed by atoms with Gasteiger partial charge in [-0.25, -0.2) is 0 Å². The smallest absolute Gasteiger partial charge is 0.389 e. The van der Waals surface area contributed by atoms with Crippen LogP contribution in [-0.4, -0.2) is 30.0 Å². The van der Waals surface area contributed by atoms with Crippen LogP contribution in [0.15, 0.2) is 4.42 Å². The van der Waals surface area contributed by atoms with Crippen LogP contribution in [0.1, 0.15) is 18.2 Å². The molecule has 0 atom stereocenters. The summed E-state index contributed by atoms with van der Waals surface area (Å²) in [6.45, 7) is 0.654. The Bertz CT molecular complexity index is 298. The Hall–Kier alpha value is -1.11. The van der Waals surface area contributed by atoms with Gasteiger partial charge in [-0.2, -0.15) is 13.2 Å². The fraction of sp³-hybridized carbons (Fsp3) is 0.750. The first-order chi connectivity index (χ1) is 7.01. The maximum absolute atomic E-state index is 11.9. The van der Waals surface area contributed by atoms with Crippen LogP contribution in [0.5, 0.6) is 0 Å². The zero-order valence-electron chi connectivity index (χ0n) is 8.26. The van der Waals surface area contributed by atoms with Crippen molar-refractivity contribution in [3.05, 3.63) is 11.8 Å². The van der Waals surface area contributed by atoms with Gasteiger partial charge in [-0.3, -0.25) is 0 Å². The quantitative estimate of drug-likeness (QED) is 0.818. The highest BCUT2D eigenvalue weighted by Gasteiger charge is 2.27. The zero-order valence-corrected chi connectivity index (χ0v) is 8.26. The summed E-state index contributed by atoms with van der Waals surface area (Å²) in [5.74, 6) is 0.403. The van der Waals surface area contributed by atoms with Crippen molar-refractivity contribution in [1.29, 1.82) is 0 Å². The van der Waals surface area contributed by atoms with Crippen LogP contribution in [0.3, 0.4) is 0 Å². The molecule has 0 unspecified atom stereocenters. The van der Waals surface area contributed by atoms with E-state index in [-0.39, 0.29) is 12.3 Å². The third-order valence-electron chi connectivity index (χ3n) is 1.72. The molecular weight excluding hydrogens is 211 g/mol. The first kappa shape index (κ1) is 12.0. The monoisotopic (exact) mass is 223 g/mol. The molecule has 0 spiro atoms. The first-order valence-electron chi connectivity index (χ1n) is 4.54. The van der Waals surface area contributed by atoms with Gasteiger partial charge < -0.3 is 9.73 Å². The topological polar surface area (TPSA) is 51.0 Å². The van der Waals surface area contributed by atoms with Crippen LogP contribution in [0, 0.1) is 0 Å². The molecule has 1 N–H and O–H groups in total. The third-order valence-corrected chi connectivity index (χ3v) is 1.72. The molecule has 86 valence electrons. The normalized spacial score (nSPS) is 12.0. The molecule has 7 heteroatoms. The SMILES string of the molecule is CNCCc1nnc(CCC(F)(F)F)o1. The lowest BCUT2D eigenvalue weighted by Crippen LogP contribution is -2.10. The Morgan fingerprint density at radius 2 is 1.80 bits per heavy atom. The molecule has 0 aliphatic heterocycles. The predicted octanol–water partition coefficient (Wildman–Crippen LogP) is 1.33. The average Bonchev–Trinajstić information content (AvgIpc) is 2.58. The molecule has 0 radical (unpaired) electrons. The van der Waals surface area contributed by atoms with Crippen LogP contribution >= 0.6 is 0 Å². The Morgan fingerprint density at radius 3 is 2.33 bits per heavy atom. The lowest BCUT2D eigenvalue weighted by molar-refractivity contribution is -0.134. The van der Waals surface area contributed by atoms with Gasteiger partial charge in [-0.1, -0.05) is 0 Å². The number of halogens is 3. The molecule has 0 aliphatic carbocycles. The molecule has 4 nitrogen and oxygen atoms in total. The first-order valence-corrected chi connectivity index (χ1v) is 4.54. The maximum Gasteiger partial charge on any atom is 0.389 e. The second kappa shape index (κ2) is 5.11. The van der Waals surface area contributed by atoms with Crippen molar-refractivity contribution in [1.82, 2.24) is 15.5 Å². The molecule has 1 aromatic heterocycles. The highest BCUT2D eigenvalue weighted by Crippen LogP contribution is 2.21. The van der Waals surface area contributed by atoms with Crippen molar-refractivity contribution in [2.75, 3.05) is 13.6 Å². The molecule has 0 saturated heterocycles. The van der Waals surface area contributed by atoms with Crippen LogP contribution in [0.25, 0.3) is 0 Å². The van der Waals surface area contributed by atoms with E-state index < -0.39 is 12.6 Å². The van der Waals surface area contributed by atoms with Crippen LogP contribution in [0.4, 0.5) is 13.2 Å². The molecule has 0 amide bonds. The van der Waals surface area contributed by atoms with Gasteiger partial charge in [-0.05, 0) is 7.05 Å². The molecule has 1 aromatic rings. The van der Waals surface area contributed by atoms with Gasteiger partial charge in [-0.15, -0.1) is 10.2 Å². The number of aromatic nitrogens is 2. The number of hydrogen-bond acceptors (Lipinski definition) is 4. The van der Waals surface area contributed by atoms with E-state index in [1.807, 2.05) is 0 Å². The second-order valence-corrected chi connectivity index (χ2v) is 3.06. The minimum atomic E-state index is -4.18. The lowest BCUT2D eigenvalue weighted by atomic mass is 10.3. The van der Waals surface area contributed by atoms with Crippen LogP contribution in [-0.2, 0) is 12.8 Å². The van der Waals surface area contributed by atoms with Gasteiger partial charge in [0.2, 0.25) is 11.8 Å². The van der Waals surface area contributed by atoms with Crippen LogP contribution < -0.4 is 5.32 Å². The van der Waals surface area contributed by atoms with Crippen molar-refractivity contribution in [3.8, 4) is 0 Å². The van der Waals surface area contributed by atoms with Gasteiger partial charge in [0.25, 0.3) is 0 Å². The van der Waals surface area contributed by atoms with Gasteiger partial charge in [0.05, 0.1) is 6.42 Å². The fourth-order valence-corrected chi connectivity index (χ4v) is 0.971. The van der Waals surface area contributed by atoms with Gasteiger partial charge in [0, 0.05) is 19.4 Å². The number of hydrogen-bond donors (Lipinski definition) is 1. The van der Waals surface area contributed by atoms with E-state index in [4.69, 9.17) is 4.42 Å². The molecule has 0 bridgehead atoms. The average molecular weight is 223 g/mol. The van der Waals surface area contributed by atoms with Gasteiger partial charge in [0.1, 0.15) is 0 Å². The summed E-state index contributed by atoms with van der Waals surface area (Å²) in [5.41, 5.74) is 0. The van der Waals surface area contributed by atoms with E-state index in [0.29, 0.717) is 18.9 Å². The summed E-state index contributed by atoms with van der Waals surface area (Å²) in [5, 5.41) is 10.0. The van der Waals surface area contributed by atoms with Crippen LogP contribution in [0.2, 0.25) is 0 Å². The van der Waals surface area contributed by atoms with Crippen molar-refractivity contribution >= 4 is 0 Å². The lowest BCUT2D eigenvalue weighted by Gasteiger charge is -2.01. The van der Waals surface area contributed by atoms with E-state index in [1.54, 1.807) is 7.05 Å². The van der Waals surface area contributed by atoms with Crippen molar-refractivity contribution in [3.63, 3.8) is 0 Å². The largest absolute Gasteiger partial charge is 0.425 e. The number of nitrogens with zero attached hydrogens (tertiary/aromatic N) is 2. The van der Waals surface area contributed by atoms with E-state index in [2.05, 4.69) is 15.5 Å². The van der Waals surface area contributed by atoms with E-state index >= 15 is 0 Å². The van der Waals surface area contributed by atoms with Crippen molar-refractivity contribution in [2.45, 2.75) is 25.4 Å². The Kier molecular flexibility index (Phi) is 4.07. The summed E-state index contributed by atoms with van der Waals surface area (Å²) < 4.78 is 40.6. The third kappa shape index (κ3) is 4.78. The minimum Gasteiger partial charge on any atom is -0.425 e. The number of nitrogens with one attached hydrogen (secondary N) is 1. The zero-order chi connectivity index (χ0) is 11.3. The number of rotatable bonds is 5. The molecule has 0 saturated carbocycles. The summed E-state index contributed by atoms with van der Waals surface area (Å²) >= 11 is 0. The Balaban J connectivity index is 2.39. The highest BCUT2D eigenvalue weighted by atomic mass is 19.4. The number of aryl methyl sites for hydroxylation is 1. The summed E-state index contributed by atoms with van der Waals surface area (Å²) in [6.07, 6.45) is -4.84. The van der Waals surface area contributed by atoms with E-state index in [0.717, 1.165) is 0 Å². The standard InChI is InChI=1S/C8H12F3N3O/c1-12-5-3-7-14-13-6(15-7)2-4-8(9,10)11/h12H,2-5H2,1H3. The molecule has 1 heterocycles. The molecule has 0 aromatic carbocycles. The molecule has 15 heavy (non-hydrogen) atoms. The Labute approximate surface area is 84.9 Å². The molecular formula is C8H12F3N3O. The van der Waals surface area contributed by atoms with E-state index in [1.165, 1.54) is 0 Å². The highest BCUT2D eigenvalue weighted by molar-refractivity contribution is 4.83. The maximum atomic E-state index is 11.9. The predicted molar refractivity (Wildman–Crippen MR) is 46.3 cm³/mol. The molecule has 0 fully saturated rings.